The van der Waals surface area contributed by atoms with Crippen molar-refractivity contribution in [2.75, 3.05) is 0 Å². The third-order valence-corrected chi connectivity index (χ3v) is 11.1. The van der Waals surface area contributed by atoms with Gasteiger partial charge in [0.2, 0.25) is 5.95 Å². The minimum absolute atomic E-state index is 0.618. The molecule has 4 aromatic heterocycles. The van der Waals surface area contributed by atoms with Gasteiger partial charge in [-0.25, -0.2) is 9.97 Å². The molecular weight excluding hydrogens is 673 g/mol. The second-order valence-corrected chi connectivity index (χ2v) is 14.1. The van der Waals surface area contributed by atoms with E-state index in [9.17, 15) is 0 Å². The maximum atomic E-state index is 6.83. The summed E-state index contributed by atoms with van der Waals surface area (Å²) in [7, 11) is 0. The van der Waals surface area contributed by atoms with Crippen LogP contribution >= 0.6 is 0 Å². The Balaban J connectivity index is 1.22. The summed E-state index contributed by atoms with van der Waals surface area (Å²) in [5, 5.41) is 7.71. The molecule has 256 valence electrons. The Kier molecular flexibility index (Phi) is 6.27. The highest BCUT2D eigenvalue weighted by molar-refractivity contribution is 6.33. The van der Waals surface area contributed by atoms with Crippen LogP contribution in [-0.2, 0) is 0 Å². The molecule has 0 fully saturated rings. The Morgan fingerprint density at radius 2 is 0.964 bits per heavy atom. The van der Waals surface area contributed by atoms with Crippen LogP contribution in [0.3, 0.4) is 0 Å². The minimum atomic E-state index is 0.618. The maximum Gasteiger partial charge on any atom is 0.235 e. The third-order valence-electron chi connectivity index (χ3n) is 11.1. The lowest BCUT2D eigenvalue weighted by molar-refractivity contribution is 0.673. The topological polar surface area (TPSA) is 48.8 Å². The van der Waals surface area contributed by atoms with Crippen molar-refractivity contribution in [3.05, 3.63) is 182 Å². The zero-order valence-electron chi connectivity index (χ0n) is 29.5. The van der Waals surface area contributed by atoms with Crippen molar-refractivity contribution >= 4 is 76.5 Å². The van der Waals surface area contributed by atoms with Gasteiger partial charge >= 0.3 is 0 Å². The number of benzene rings is 8. The number of para-hydroxylation sites is 3. The molecule has 0 radical (unpaired) electrons. The van der Waals surface area contributed by atoms with Gasteiger partial charge in [-0.15, -0.1) is 0 Å². The number of furan rings is 1. The van der Waals surface area contributed by atoms with Crippen molar-refractivity contribution < 1.29 is 4.42 Å². The van der Waals surface area contributed by atoms with Gasteiger partial charge in [-0.1, -0.05) is 127 Å². The van der Waals surface area contributed by atoms with Crippen LogP contribution in [0.1, 0.15) is 0 Å². The van der Waals surface area contributed by atoms with E-state index in [2.05, 4.69) is 173 Å². The first-order chi connectivity index (χ1) is 27.3. The average Bonchev–Trinajstić information content (AvgIpc) is 3.91. The monoisotopic (exact) mass is 702 g/mol. The van der Waals surface area contributed by atoms with Crippen molar-refractivity contribution in [3.8, 4) is 34.0 Å². The summed E-state index contributed by atoms with van der Waals surface area (Å²) in [6.45, 7) is 0. The number of hydrogen-bond donors (Lipinski definition) is 0. The molecule has 0 amide bonds. The normalized spacial score (nSPS) is 12.0. The zero-order chi connectivity index (χ0) is 36.0. The first-order valence-corrected chi connectivity index (χ1v) is 18.6. The summed E-state index contributed by atoms with van der Waals surface area (Å²) in [4.78, 5) is 10.7. The summed E-state index contributed by atoms with van der Waals surface area (Å²) in [6, 6.07) is 64.1. The minimum Gasteiger partial charge on any atom is -0.455 e. The lowest BCUT2D eigenvalue weighted by atomic mass is 10.0. The molecule has 0 bridgehead atoms. The van der Waals surface area contributed by atoms with Crippen molar-refractivity contribution in [2.45, 2.75) is 0 Å². The first kappa shape index (κ1) is 30.0. The molecule has 12 rings (SSSR count). The highest BCUT2D eigenvalue weighted by Gasteiger charge is 2.25. The van der Waals surface area contributed by atoms with E-state index in [-0.39, 0.29) is 0 Å². The van der Waals surface area contributed by atoms with Gasteiger partial charge in [0.05, 0.1) is 38.7 Å². The third kappa shape index (κ3) is 4.35. The molecule has 5 heteroatoms. The number of hydrogen-bond acceptors (Lipinski definition) is 3. The van der Waals surface area contributed by atoms with Gasteiger partial charge in [0.1, 0.15) is 11.2 Å². The van der Waals surface area contributed by atoms with Gasteiger partial charge in [-0.05, 0) is 65.7 Å². The van der Waals surface area contributed by atoms with E-state index >= 15 is 0 Å². The number of aromatic nitrogens is 4. The van der Waals surface area contributed by atoms with Gasteiger partial charge in [0.25, 0.3) is 0 Å². The fourth-order valence-electron chi connectivity index (χ4n) is 8.73. The van der Waals surface area contributed by atoms with Crippen molar-refractivity contribution in [1.82, 2.24) is 19.1 Å². The van der Waals surface area contributed by atoms with Crippen LogP contribution in [-0.4, -0.2) is 19.1 Å². The van der Waals surface area contributed by atoms with Crippen LogP contribution in [0.15, 0.2) is 186 Å². The van der Waals surface area contributed by atoms with Gasteiger partial charge < -0.3 is 8.98 Å². The summed E-state index contributed by atoms with van der Waals surface area (Å²) in [5.41, 5.74) is 12.3. The van der Waals surface area contributed by atoms with E-state index in [1.807, 2.05) is 18.2 Å². The Labute approximate surface area is 315 Å². The van der Waals surface area contributed by atoms with E-state index in [4.69, 9.17) is 14.4 Å². The Bertz CT molecular complexity index is 3470. The molecule has 55 heavy (non-hydrogen) atoms. The fraction of sp³-hybridized carbons (Fsp3) is 0. The summed E-state index contributed by atoms with van der Waals surface area (Å²) >= 11 is 0. The molecule has 0 saturated heterocycles. The van der Waals surface area contributed by atoms with Crippen LogP contribution in [0.25, 0.3) is 110 Å². The molecular formula is C50H30N4O. The molecule has 0 saturated carbocycles. The molecule has 0 N–H and O–H groups in total. The smallest absolute Gasteiger partial charge is 0.235 e. The molecule has 12 aromatic rings. The Morgan fingerprint density at radius 1 is 0.364 bits per heavy atom. The fourth-order valence-corrected chi connectivity index (χ4v) is 8.73. The molecule has 0 aliphatic heterocycles. The maximum absolute atomic E-state index is 6.83. The number of nitrogens with zero attached hydrogens (tertiary/aromatic N) is 4. The van der Waals surface area contributed by atoms with E-state index in [1.54, 1.807) is 0 Å². The first-order valence-electron chi connectivity index (χ1n) is 18.6. The Hall–Kier alpha value is -7.50. The standard InChI is InChI=1S/C50H30N4O/c1-3-13-31(14-4-1)32-23-25-34(26-24-32)53-40-21-11-8-19-38(40)45-41(53)29-30-42-46(45)47-43(28-27-36-35-17-9-12-22-44(35)55-49(36)47)54(42)50-51-39-20-10-7-18-37(39)48(52-50)33-15-5-2-6-16-33/h1-30H. The second kappa shape index (κ2) is 11.5. The van der Waals surface area contributed by atoms with Gasteiger partial charge in [0.15, 0.2) is 0 Å². The largest absolute Gasteiger partial charge is 0.455 e. The van der Waals surface area contributed by atoms with E-state index in [1.165, 1.54) is 21.9 Å². The van der Waals surface area contributed by atoms with E-state index < -0.39 is 0 Å². The van der Waals surface area contributed by atoms with Crippen molar-refractivity contribution in [1.29, 1.82) is 0 Å². The van der Waals surface area contributed by atoms with Gasteiger partial charge in [0, 0.05) is 43.6 Å². The van der Waals surface area contributed by atoms with Crippen LogP contribution < -0.4 is 0 Å². The molecule has 0 spiro atoms. The van der Waals surface area contributed by atoms with Crippen LogP contribution in [0.2, 0.25) is 0 Å². The van der Waals surface area contributed by atoms with Crippen molar-refractivity contribution in [3.63, 3.8) is 0 Å². The summed E-state index contributed by atoms with van der Waals surface area (Å²) in [6.07, 6.45) is 0. The predicted molar refractivity (Wildman–Crippen MR) is 226 cm³/mol. The Morgan fingerprint density at radius 3 is 1.76 bits per heavy atom. The van der Waals surface area contributed by atoms with Crippen molar-refractivity contribution in [2.24, 2.45) is 0 Å². The second-order valence-electron chi connectivity index (χ2n) is 14.1. The predicted octanol–water partition coefficient (Wildman–Crippen LogP) is 13.1. The quantitative estimate of drug-likeness (QED) is 0.183. The highest BCUT2D eigenvalue weighted by Crippen LogP contribution is 2.46. The molecule has 8 aromatic carbocycles. The molecule has 0 atom stereocenters. The molecule has 0 unspecified atom stereocenters. The summed E-state index contributed by atoms with van der Waals surface area (Å²) < 4.78 is 11.5. The number of fused-ring (bicyclic) bond motifs is 12. The van der Waals surface area contributed by atoms with Crippen LogP contribution in [0.5, 0.6) is 0 Å². The lowest BCUT2D eigenvalue weighted by Gasteiger charge is -2.12. The van der Waals surface area contributed by atoms with E-state index in [0.717, 1.165) is 82.6 Å². The van der Waals surface area contributed by atoms with Gasteiger partial charge in [-0.3, -0.25) is 4.57 Å². The zero-order valence-corrected chi connectivity index (χ0v) is 29.5. The average molecular weight is 703 g/mol. The lowest BCUT2D eigenvalue weighted by Crippen LogP contribution is -2.03. The molecule has 0 aliphatic carbocycles. The van der Waals surface area contributed by atoms with Crippen LogP contribution in [0.4, 0.5) is 0 Å². The highest BCUT2D eigenvalue weighted by atomic mass is 16.3. The van der Waals surface area contributed by atoms with Gasteiger partial charge in [-0.2, -0.15) is 0 Å². The van der Waals surface area contributed by atoms with Crippen LogP contribution in [0, 0.1) is 0 Å². The molecule has 4 heterocycles. The molecule has 5 nitrogen and oxygen atoms in total. The SMILES string of the molecule is c1ccc(-c2ccc(-n3c4ccccc4c4c5c6c7oc8ccccc8c7ccc6n(-c6nc(-c7ccccc7)c7ccccc7n6)c5ccc43)cc2)cc1. The number of rotatable bonds is 4. The molecule has 0 aliphatic rings. The van der Waals surface area contributed by atoms with E-state index in [0.29, 0.717) is 5.95 Å². The summed E-state index contributed by atoms with van der Waals surface area (Å²) in [5.74, 6) is 0.618.